The number of nitrogens with zero attached hydrogens (tertiary/aromatic N) is 1. The van der Waals surface area contributed by atoms with Crippen molar-refractivity contribution in [2.24, 2.45) is 0 Å². The summed E-state index contributed by atoms with van der Waals surface area (Å²) in [6.07, 6.45) is 1.60. The molecule has 1 aliphatic rings. The van der Waals surface area contributed by atoms with E-state index < -0.39 is 33.9 Å². The Bertz CT molecular complexity index is 910. The molecule has 2 unspecified atom stereocenters. The van der Waals surface area contributed by atoms with Crippen LogP contribution in [0.3, 0.4) is 0 Å². The van der Waals surface area contributed by atoms with Gasteiger partial charge in [0.1, 0.15) is 11.9 Å². The molecule has 2 aromatic rings. The van der Waals surface area contributed by atoms with E-state index in [2.05, 4.69) is 0 Å². The zero-order valence-electron chi connectivity index (χ0n) is 15.3. The van der Waals surface area contributed by atoms with Crippen molar-refractivity contribution < 1.29 is 22.3 Å². The third-order valence-electron chi connectivity index (χ3n) is 4.96. The molecule has 0 aliphatic carbocycles. The molecule has 0 radical (unpaired) electrons. The molecule has 0 aromatic heterocycles. The van der Waals surface area contributed by atoms with Crippen molar-refractivity contribution in [2.75, 3.05) is 7.11 Å². The van der Waals surface area contributed by atoms with Crippen molar-refractivity contribution in [1.82, 2.24) is 4.31 Å². The van der Waals surface area contributed by atoms with Crippen LogP contribution in [0.15, 0.2) is 53.4 Å². The summed E-state index contributed by atoms with van der Waals surface area (Å²) in [5.74, 6) is -0.987. The first-order valence-electron chi connectivity index (χ1n) is 8.84. The summed E-state index contributed by atoms with van der Waals surface area (Å²) in [5, 5.41) is 0. The average Bonchev–Trinajstić information content (AvgIpc) is 3.14. The van der Waals surface area contributed by atoms with E-state index in [9.17, 15) is 17.6 Å². The molecule has 3 rings (SSSR count). The average molecular weight is 391 g/mol. The molecule has 0 bridgehead atoms. The number of benzene rings is 2. The number of aryl methyl sites for hydroxylation is 1. The maximum absolute atomic E-state index is 13.4. The van der Waals surface area contributed by atoms with Gasteiger partial charge in [-0.1, -0.05) is 31.2 Å². The highest BCUT2D eigenvalue weighted by Gasteiger charge is 2.46. The summed E-state index contributed by atoms with van der Waals surface area (Å²) >= 11 is 0. The van der Waals surface area contributed by atoms with E-state index in [0.29, 0.717) is 18.4 Å². The number of carbonyl (C=O) groups excluding carboxylic acids is 1. The molecular formula is C20H22FNO4S. The van der Waals surface area contributed by atoms with Crippen LogP contribution in [0, 0.1) is 5.82 Å². The Labute approximate surface area is 158 Å². The van der Waals surface area contributed by atoms with Crippen molar-refractivity contribution in [3.63, 3.8) is 0 Å². The van der Waals surface area contributed by atoms with Gasteiger partial charge in [0, 0.05) is 0 Å². The number of esters is 1. The highest BCUT2D eigenvalue weighted by Crippen LogP contribution is 2.41. The number of sulfonamides is 1. The van der Waals surface area contributed by atoms with Crippen LogP contribution < -0.4 is 0 Å². The molecule has 0 amide bonds. The van der Waals surface area contributed by atoms with Gasteiger partial charge in [0.05, 0.1) is 18.0 Å². The summed E-state index contributed by atoms with van der Waals surface area (Å²) in [6, 6.07) is 10.9. The number of halogens is 1. The highest BCUT2D eigenvalue weighted by atomic mass is 32.2. The van der Waals surface area contributed by atoms with Gasteiger partial charge in [0.25, 0.3) is 0 Å². The van der Waals surface area contributed by atoms with Crippen molar-refractivity contribution in [3.8, 4) is 0 Å². The summed E-state index contributed by atoms with van der Waals surface area (Å²) in [7, 11) is -2.69. The van der Waals surface area contributed by atoms with E-state index >= 15 is 0 Å². The third kappa shape index (κ3) is 3.75. The Morgan fingerprint density at radius 1 is 1.11 bits per heavy atom. The molecule has 144 valence electrons. The molecule has 0 spiro atoms. The van der Waals surface area contributed by atoms with Crippen LogP contribution >= 0.6 is 0 Å². The molecule has 7 heteroatoms. The van der Waals surface area contributed by atoms with Gasteiger partial charge in [0.2, 0.25) is 10.0 Å². The molecule has 0 N–H and O–H groups in total. The van der Waals surface area contributed by atoms with Crippen molar-refractivity contribution in [3.05, 3.63) is 65.5 Å². The molecular weight excluding hydrogens is 369 g/mol. The standard InChI is InChI=1S/C20H22FNO4S/c1-3-14-4-10-17(11-5-14)27(24,25)22-18(12-13-19(22)20(23)26-2)15-6-8-16(21)9-7-15/h4-11,18-19H,3,12-13H2,1-2H3. The minimum Gasteiger partial charge on any atom is -0.468 e. The molecule has 1 heterocycles. The lowest BCUT2D eigenvalue weighted by Gasteiger charge is -2.28. The summed E-state index contributed by atoms with van der Waals surface area (Å²) in [6.45, 7) is 1.99. The third-order valence-corrected chi connectivity index (χ3v) is 6.89. The Kier molecular flexibility index (Phi) is 5.62. The van der Waals surface area contributed by atoms with Gasteiger partial charge in [-0.25, -0.2) is 12.8 Å². The molecule has 1 saturated heterocycles. The maximum Gasteiger partial charge on any atom is 0.324 e. The molecule has 27 heavy (non-hydrogen) atoms. The summed E-state index contributed by atoms with van der Waals surface area (Å²) < 4.78 is 46.1. The van der Waals surface area contributed by atoms with E-state index in [4.69, 9.17) is 4.74 Å². The number of hydrogen-bond acceptors (Lipinski definition) is 4. The van der Waals surface area contributed by atoms with Crippen molar-refractivity contribution >= 4 is 16.0 Å². The van der Waals surface area contributed by atoms with Crippen molar-refractivity contribution in [2.45, 2.75) is 43.2 Å². The molecule has 2 atom stereocenters. The zero-order chi connectivity index (χ0) is 19.6. The normalized spacial score (nSPS) is 20.6. The maximum atomic E-state index is 13.4. The number of ether oxygens (including phenoxy) is 1. The van der Waals surface area contributed by atoms with Gasteiger partial charge in [0.15, 0.2) is 0 Å². The molecule has 2 aromatic carbocycles. The second-order valence-corrected chi connectivity index (χ2v) is 8.36. The van der Waals surface area contributed by atoms with Gasteiger partial charge in [-0.05, 0) is 54.7 Å². The highest BCUT2D eigenvalue weighted by molar-refractivity contribution is 7.89. The first kappa shape index (κ1) is 19.5. The first-order valence-corrected chi connectivity index (χ1v) is 10.3. The summed E-state index contributed by atoms with van der Waals surface area (Å²) in [4.78, 5) is 12.4. The molecule has 1 aliphatic heterocycles. The fourth-order valence-electron chi connectivity index (χ4n) is 3.50. The lowest BCUT2D eigenvalue weighted by molar-refractivity contribution is -0.144. The smallest absolute Gasteiger partial charge is 0.324 e. The fraction of sp³-hybridized carbons (Fsp3) is 0.350. The molecule has 5 nitrogen and oxygen atoms in total. The van der Waals surface area contributed by atoms with Gasteiger partial charge in [-0.3, -0.25) is 4.79 Å². The fourth-order valence-corrected chi connectivity index (χ4v) is 5.31. The quantitative estimate of drug-likeness (QED) is 0.733. The Morgan fingerprint density at radius 2 is 1.74 bits per heavy atom. The van der Waals surface area contributed by atoms with E-state index in [0.717, 1.165) is 12.0 Å². The van der Waals surface area contributed by atoms with Gasteiger partial charge in [-0.2, -0.15) is 4.31 Å². The minimum absolute atomic E-state index is 0.127. The minimum atomic E-state index is -3.94. The Balaban J connectivity index is 2.05. The monoisotopic (exact) mass is 391 g/mol. The van der Waals surface area contributed by atoms with E-state index in [1.165, 1.54) is 23.5 Å². The SMILES string of the molecule is CCc1ccc(S(=O)(=O)N2C(C(=O)OC)CCC2c2ccc(F)cc2)cc1. The number of rotatable bonds is 5. The van der Waals surface area contributed by atoms with E-state index in [-0.39, 0.29) is 4.90 Å². The Morgan fingerprint density at radius 3 is 2.30 bits per heavy atom. The lowest BCUT2D eigenvalue weighted by atomic mass is 10.1. The largest absolute Gasteiger partial charge is 0.468 e. The van der Waals surface area contributed by atoms with Gasteiger partial charge >= 0.3 is 5.97 Å². The summed E-state index contributed by atoms with van der Waals surface area (Å²) in [5.41, 5.74) is 1.67. The van der Waals surface area contributed by atoms with Gasteiger partial charge < -0.3 is 4.74 Å². The molecule has 1 fully saturated rings. The van der Waals surface area contributed by atoms with Crippen LogP contribution in [0.1, 0.15) is 36.9 Å². The van der Waals surface area contributed by atoms with E-state index in [1.54, 1.807) is 36.4 Å². The van der Waals surface area contributed by atoms with E-state index in [1.807, 2.05) is 6.92 Å². The number of methoxy groups -OCH3 is 1. The van der Waals surface area contributed by atoms with Crippen molar-refractivity contribution in [1.29, 1.82) is 0 Å². The number of hydrogen-bond donors (Lipinski definition) is 0. The van der Waals surface area contributed by atoms with Gasteiger partial charge in [-0.15, -0.1) is 0 Å². The predicted molar refractivity (Wildman–Crippen MR) is 99.0 cm³/mol. The van der Waals surface area contributed by atoms with Crippen LogP contribution in [-0.2, 0) is 26.0 Å². The van der Waals surface area contributed by atoms with Crippen LogP contribution in [-0.4, -0.2) is 31.8 Å². The Hall–Kier alpha value is -2.25. The zero-order valence-corrected chi connectivity index (χ0v) is 16.1. The lowest BCUT2D eigenvalue weighted by Crippen LogP contribution is -2.42. The van der Waals surface area contributed by atoms with Crippen LogP contribution in [0.25, 0.3) is 0 Å². The van der Waals surface area contributed by atoms with Crippen LogP contribution in [0.5, 0.6) is 0 Å². The first-order chi connectivity index (χ1) is 12.9. The molecule has 0 saturated carbocycles. The second kappa shape index (κ2) is 7.78. The van der Waals surface area contributed by atoms with Crippen LogP contribution in [0.4, 0.5) is 4.39 Å². The number of carbonyl (C=O) groups is 1. The topological polar surface area (TPSA) is 63.7 Å². The second-order valence-electron chi connectivity index (χ2n) is 6.52. The predicted octanol–water partition coefficient (Wildman–Crippen LogP) is 3.46. The van der Waals surface area contributed by atoms with Crippen LogP contribution in [0.2, 0.25) is 0 Å².